The molecule has 2 amide bonds. The van der Waals surface area contributed by atoms with Crippen molar-refractivity contribution in [2.75, 3.05) is 32.9 Å². The highest BCUT2D eigenvalue weighted by atomic mass is 32.2. The van der Waals surface area contributed by atoms with Gasteiger partial charge in [-0.1, -0.05) is 18.2 Å². The second-order valence-electron chi connectivity index (χ2n) is 5.11. The standard InChI is InChI=1S/C14H22FN3O4S/c1-18(23(2,21)22)9-5-8-16-14(20)17-10-13(19)11-6-3-4-7-12(11)15/h3-4,6-7,13,19H,5,8-10H2,1-2H3,(H2,16,17,20). The Labute approximate surface area is 135 Å². The summed E-state index contributed by atoms with van der Waals surface area (Å²) in [7, 11) is -1.76. The van der Waals surface area contributed by atoms with E-state index in [2.05, 4.69) is 10.6 Å². The monoisotopic (exact) mass is 347 g/mol. The molecule has 9 heteroatoms. The maximum atomic E-state index is 13.4. The lowest BCUT2D eigenvalue weighted by Gasteiger charge is -2.15. The van der Waals surface area contributed by atoms with Crippen LogP contribution in [0.4, 0.5) is 9.18 Å². The molecule has 0 aliphatic carbocycles. The van der Waals surface area contributed by atoms with Gasteiger partial charge in [-0.05, 0) is 12.5 Å². The fourth-order valence-corrected chi connectivity index (χ4v) is 2.24. The summed E-state index contributed by atoms with van der Waals surface area (Å²) in [5.41, 5.74) is 0.113. The fraction of sp³-hybridized carbons (Fsp3) is 0.500. The van der Waals surface area contributed by atoms with Crippen LogP contribution in [0.5, 0.6) is 0 Å². The molecule has 3 N–H and O–H groups in total. The molecule has 1 rings (SSSR count). The van der Waals surface area contributed by atoms with Crippen molar-refractivity contribution in [1.29, 1.82) is 0 Å². The highest BCUT2D eigenvalue weighted by Crippen LogP contribution is 2.15. The Morgan fingerprint density at radius 2 is 2.00 bits per heavy atom. The second kappa shape index (κ2) is 8.80. The summed E-state index contributed by atoms with van der Waals surface area (Å²) >= 11 is 0. The number of aliphatic hydroxyl groups excluding tert-OH is 1. The molecule has 7 nitrogen and oxygen atoms in total. The summed E-state index contributed by atoms with van der Waals surface area (Å²) in [6, 6.07) is 5.28. The van der Waals surface area contributed by atoms with Gasteiger partial charge in [-0.2, -0.15) is 0 Å². The molecule has 1 aromatic carbocycles. The summed E-state index contributed by atoms with van der Waals surface area (Å²) in [6.07, 6.45) is 0.419. The van der Waals surface area contributed by atoms with Gasteiger partial charge in [-0.25, -0.2) is 21.9 Å². The molecule has 0 saturated heterocycles. The largest absolute Gasteiger partial charge is 0.386 e. The minimum atomic E-state index is -3.22. The van der Waals surface area contributed by atoms with Crippen LogP contribution in [0, 0.1) is 5.82 Å². The maximum absolute atomic E-state index is 13.4. The van der Waals surface area contributed by atoms with Gasteiger partial charge in [0, 0.05) is 32.2 Å². The molecule has 23 heavy (non-hydrogen) atoms. The van der Waals surface area contributed by atoms with Crippen molar-refractivity contribution in [3.8, 4) is 0 Å². The molecule has 0 fully saturated rings. The van der Waals surface area contributed by atoms with Crippen LogP contribution in [0.25, 0.3) is 0 Å². The van der Waals surface area contributed by atoms with Gasteiger partial charge in [0.2, 0.25) is 10.0 Å². The second-order valence-corrected chi connectivity index (χ2v) is 7.20. The highest BCUT2D eigenvalue weighted by molar-refractivity contribution is 7.88. The number of benzene rings is 1. The molecule has 1 atom stereocenters. The van der Waals surface area contributed by atoms with Crippen molar-refractivity contribution in [3.05, 3.63) is 35.6 Å². The number of rotatable bonds is 8. The van der Waals surface area contributed by atoms with E-state index in [4.69, 9.17) is 0 Å². The van der Waals surface area contributed by atoms with E-state index in [1.54, 1.807) is 6.07 Å². The maximum Gasteiger partial charge on any atom is 0.314 e. The third-order valence-corrected chi connectivity index (χ3v) is 4.54. The predicted molar refractivity (Wildman–Crippen MR) is 84.9 cm³/mol. The molecule has 0 aliphatic heterocycles. The summed E-state index contributed by atoms with van der Waals surface area (Å²) in [5, 5.41) is 14.8. The molecule has 130 valence electrons. The molecule has 0 aliphatic rings. The van der Waals surface area contributed by atoms with Crippen molar-refractivity contribution in [1.82, 2.24) is 14.9 Å². The number of amides is 2. The molecule has 1 unspecified atom stereocenters. The average molecular weight is 347 g/mol. The summed E-state index contributed by atoms with van der Waals surface area (Å²) in [6.45, 7) is 0.439. The third kappa shape index (κ3) is 6.93. The zero-order chi connectivity index (χ0) is 17.5. The number of nitrogens with one attached hydrogen (secondary N) is 2. The van der Waals surface area contributed by atoms with E-state index in [0.717, 1.165) is 6.26 Å². The lowest BCUT2D eigenvalue weighted by Crippen LogP contribution is -2.39. The smallest absolute Gasteiger partial charge is 0.314 e. The minimum Gasteiger partial charge on any atom is -0.386 e. The van der Waals surface area contributed by atoms with Crippen molar-refractivity contribution in [2.24, 2.45) is 0 Å². The first kappa shape index (κ1) is 19.3. The highest BCUT2D eigenvalue weighted by Gasteiger charge is 2.13. The number of urea groups is 1. The number of carbonyl (C=O) groups excluding carboxylic acids is 1. The topological polar surface area (TPSA) is 98.7 Å². The number of hydrogen-bond acceptors (Lipinski definition) is 4. The Kier molecular flexibility index (Phi) is 7.40. The first-order chi connectivity index (χ1) is 10.7. The van der Waals surface area contributed by atoms with E-state index in [-0.39, 0.29) is 25.2 Å². The van der Waals surface area contributed by atoms with E-state index < -0.39 is 28.0 Å². The Bertz CT molecular complexity index is 624. The first-order valence-electron chi connectivity index (χ1n) is 7.07. The van der Waals surface area contributed by atoms with Gasteiger partial charge in [0.25, 0.3) is 0 Å². The van der Waals surface area contributed by atoms with Crippen LogP contribution in [0.1, 0.15) is 18.1 Å². The van der Waals surface area contributed by atoms with Gasteiger partial charge in [-0.15, -0.1) is 0 Å². The molecule has 0 bridgehead atoms. The number of carbonyl (C=O) groups is 1. The number of sulfonamides is 1. The van der Waals surface area contributed by atoms with Crippen molar-refractivity contribution in [3.63, 3.8) is 0 Å². The average Bonchev–Trinajstić information content (AvgIpc) is 2.48. The lowest BCUT2D eigenvalue weighted by atomic mass is 10.1. The predicted octanol–water partition coefficient (Wildman–Crippen LogP) is 0.440. The number of hydrogen-bond donors (Lipinski definition) is 3. The molecular weight excluding hydrogens is 325 g/mol. The molecule has 1 aromatic rings. The molecule has 0 saturated carbocycles. The zero-order valence-electron chi connectivity index (χ0n) is 13.1. The van der Waals surface area contributed by atoms with Crippen LogP contribution in [0.15, 0.2) is 24.3 Å². The van der Waals surface area contributed by atoms with Crippen molar-refractivity contribution in [2.45, 2.75) is 12.5 Å². The van der Waals surface area contributed by atoms with Crippen LogP contribution < -0.4 is 10.6 Å². The van der Waals surface area contributed by atoms with Crippen LogP contribution >= 0.6 is 0 Å². The van der Waals surface area contributed by atoms with E-state index in [1.807, 2.05) is 0 Å². The Morgan fingerprint density at radius 3 is 2.61 bits per heavy atom. The van der Waals surface area contributed by atoms with Crippen molar-refractivity contribution < 1.29 is 22.7 Å². The first-order valence-corrected chi connectivity index (χ1v) is 8.92. The Morgan fingerprint density at radius 1 is 1.35 bits per heavy atom. The normalized spacial score (nSPS) is 12.9. The van der Waals surface area contributed by atoms with Crippen LogP contribution in [0.2, 0.25) is 0 Å². The van der Waals surface area contributed by atoms with E-state index >= 15 is 0 Å². The van der Waals surface area contributed by atoms with Gasteiger partial charge in [-0.3, -0.25) is 0 Å². The Hall–Kier alpha value is -1.71. The van der Waals surface area contributed by atoms with Gasteiger partial charge in [0.15, 0.2) is 0 Å². The molecule has 0 heterocycles. The summed E-state index contributed by atoms with van der Waals surface area (Å²) in [5.74, 6) is -0.536. The molecule has 0 radical (unpaired) electrons. The minimum absolute atomic E-state index is 0.113. The number of halogens is 1. The molecule has 0 spiro atoms. The Balaban J connectivity index is 2.26. The van der Waals surface area contributed by atoms with Crippen LogP contribution in [-0.4, -0.2) is 56.8 Å². The summed E-state index contributed by atoms with van der Waals surface area (Å²) < 4.78 is 37.0. The quantitative estimate of drug-likeness (QED) is 0.594. The van der Waals surface area contributed by atoms with Crippen LogP contribution in [0.3, 0.4) is 0 Å². The third-order valence-electron chi connectivity index (χ3n) is 3.22. The van der Waals surface area contributed by atoms with Gasteiger partial charge >= 0.3 is 6.03 Å². The van der Waals surface area contributed by atoms with Gasteiger partial charge < -0.3 is 15.7 Å². The number of nitrogens with zero attached hydrogens (tertiary/aromatic N) is 1. The molecular formula is C14H22FN3O4S. The lowest BCUT2D eigenvalue weighted by molar-refractivity contribution is 0.169. The summed E-state index contributed by atoms with van der Waals surface area (Å²) in [4.78, 5) is 11.5. The zero-order valence-corrected chi connectivity index (χ0v) is 13.9. The van der Waals surface area contributed by atoms with Gasteiger partial charge in [0.1, 0.15) is 5.82 Å². The molecule has 0 aromatic heterocycles. The van der Waals surface area contributed by atoms with E-state index in [1.165, 1.54) is 29.6 Å². The number of aliphatic hydroxyl groups is 1. The van der Waals surface area contributed by atoms with E-state index in [9.17, 15) is 22.7 Å². The van der Waals surface area contributed by atoms with Crippen LogP contribution in [-0.2, 0) is 10.0 Å². The van der Waals surface area contributed by atoms with Gasteiger partial charge in [0.05, 0.1) is 12.4 Å². The van der Waals surface area contributed by atoms with E-state index in [0.29, 0.717) is 6.42 Å². The SMILES string of the molecule is CN(CCCNC(=O)NCC(O)c1ccccc1F)S(C)(=O)=O. The van der Waals surface area contributed by atoms with Crippen molar-refractivity contribution >= 4 is 16.1 Å². The fourth-order valence-electron chi connectivity index (χ4n) is 1.78.